The molecule has 1 aliphatic heterocycles. The number of benzene rings is 1. The minimum absolute atomic E-state index is 0.468. The van der Waals surface area contributed by atoms with Gasteiger partial charge in [0.25, 0.3) is 5.91 Å². The standard InChI is InChI=1S/C14H15N3O2/c1-8(14(18)17-19)12-13-10(6-7-15-12)9-4-2-3-5-11(9)16-13/h2-5,15-16,19H,6-7H2,1H3,(H,17,18). The molecule has 3 rings (SSSR count). The van der Waals surface area contributed by atoms with E-state index in [1.807, 2.05) is 18.2 Å². The predicted octanol–water partition coefficient (Wildman–Crippen LogP) is 1.55. The number of hydroxylamine groups is 1. The number of carbonyl (C=O) groups excluding carboxylic acids is 1. The molecule has 0 fully saturated rings. The van der Waals surface area contributed by atoms with Crippen LogP contribution in [0.1, 0.15) is 18.2 Å². The van der Waals surface area contributed by atoms with Gasteiger partial charge in [0.2, 0.25) is 0 Å². The highest BCUT2D eigenvalue weighted by Crippen LogP contribution is 2.30. The molecule has 1 aliphatic rings. The van der Waals surface area contributed by atoms with E-state index in [2.05, 4.69) is 16.4 Å². The lowest BCUT2D eigenvalue weighted by molar-refractivity contribution is -0.125. The highest BCUT2D eigenvalue weighted by atomic mass is 16.5. The fraction of sp³-hybridized carbons (Fsp3) is 0.214. The number of rotatable bonds is 1. The van der Waals surface area contributed by atoms with E-state index in [1.165, 1.54) is 10.9 Å². The van der Waals surface area contributed by atoms with E-state index in [-0.39, 0.29) is 0 Å². The van der Waals surface area contributed by atoms with Crippen LogP contribution in [0.4, 0.5) is 0 Å². The summed E-state index contributed by atoms with van der Waals surface area (Å²) in [5.74, 6) is -0.492. The Morgan fingerprint density at radius 2 is 2.16 bits per heavy atom. The number of aromatic nitrogens is 1. The number of amides is 1. The summed E-state index contributed by atoms with van der Waals surface area (Å²) < 4.78 is 0. The van der Waals surface area contributed by atoms with Crippen LogP contribution in [0.15, 0.2) is 29.8 Å². The Labute approximate surface area is 110 Å². The number of para-hydroxylation sites is 1. The molecule has 1 aromatic heterocycles. The van der Waals surface area contributed by atoms with Gasteiger partial charge in [-0.3, -0.25) is 10.0 Å². The summed E-state index contributed by atoms with van der Waals surface area (Å²) >= 11 is 0. The molecule has 0 unspecified atom stereocenters. The van der Waals surface area contributed by atoms with Gasteiger partial charge in [-0.25, -0.2) is 5.48 Å². The highest BCUT2D eigenvalue weighted by Gasteiger charge is 2.22. The summed E-state index contributed by atoms with van der Waals surface area (Å²) in [6.07, 6.45) is 0.914. The molecule has 0 aliphatic carbocycles. The van der Waals surface area contributed by atoms with Gasteiger partial charge in [-0.05, 0) is 25.0 Å². The molecule has 0 bridgehead atoms. The fourth-order valence-corrected chi connectivity index (χ4v) is 2.59. The van der Waals surface area contributed by atoms with Gasteiger partial charge in [0, 0.05) is 23.0 Å². The Balaban J connectivity index is 2.23. The first-order valence-electron chi connectivity index (χ1n) is 6.21. The van der Waals surface area contributed by atoms with Crippen LogP contribution in [0, 0.1) is 0 Å². The molecule has 0 atom stereocenters. The summed E-state index contributed by atoms with van der Waals surface area (Å²) in [4.78, 5) is 14.9. The van der Waals surface area contributed by atoms with Crippen LogP contribution in [0.3, 0.4) is 0 Å². The zero-order chi connectivity index (χ0) is 13.4. The first kappa shape index (κ1) is 11.8. The highest BCUT2D eigenvalue weighted by molar-refractivity contribution is 6.01. The van der Waals surface area contributed by atoms with Crippen molar-refractivity contribution in [3.05, 3.63) is 41.1 Å². The molecule has 5 nitrogen and oxygen atoms in total. The van der Waals surface area contributed by atoms with Crippen molar-refractivity contribution >= 4 is 22.5 Å². The van der Waals surface area contributed by atoms with Gasteiger partial charge < -0.3 is 10.3 Å². The largest absolute Gasteiger partial charge is 0.383 e. The smallest absolute Gasteiger partial charge is 0.272 e. The van der Waals surface area contributed by atoms with E-state index < -0.39 is 5.91 Å². The SMILES string of the molecule is CC(C(=O)NO)=C1NCCc2c1[nH]c1ccccc21. The van der Waals surface area contributed by atoms with Crippen LogP contribution >= 0.6 is 0 Å². The Morgan fingerprint density at radius 1 is 1.37 bits per heavy atom. The van der Waals surface area contributed by atoms with Crippen LogP contribution in [0.2, 0.25) is 0 Å². The molecule has 19 heavy (non-hydrogen) atoms. The monoisotopic (exact) mass is 257 g/mol. The number of hydrogen-bond donors (Lipinski definition) is 4. The number of hydrogen-bond acceptors (Lipinski definition) is 3. The van der Waals surface area contributed by atoms with Crippen molar-refractivity contribution in [2.75, 3.05) is 6.54 Å². The molecular weight excluding hydrogens is 242 g/mol. The summed E-state index contributed by atoms with van der Waals surface area (Å²) in [5, 5.41) is 13.2. The van der Waals surface area contributed by atoms with Gasteiger partial charge in [-0.15, -0.1) is 0 Å². The summed E-state index contributed by atoms with van der Waals surface area (Å²) in [7, 11) is 0. The second-order valence-electron chi connectivity index (χ2n) is 4.64. The maximum absolute atomic E-state index is 11.6. The van der Waals surface area contributed by atoms with Gasteiger partial charge in [-0.2, -0.15) is 0 Å². The van der Waals surface area contributed by atoms with Crippen molar-refractivity contribution in [1.82, 2.24) is 15.8 Å². The van der Waals surface area contributed by atoms with Crippen molar-refractivity contribution in [2.24, 2.45) is 0 Å². The van der Waals surface area contributed by atoms with Crippen molar-refractivity contribution in [1.29, 1.82) is 0 Å². The molecule has 1 aromatic carbocycles. The van der Waals surface area contributed by atoms with E-state index in [9.17, 15) is 4.79 Å². The topological polar surface area (TPSA) is 77.2 Å². The molecule has 2 aromatic rings. The Hall–Kier alpha value is -2.27. The zero-order valence-corrected chi connectivity index (χ0v) is 10.6. The predicted molar refractivity (Wildman–Crippen MR) is 72.5 cm³/mol. The molecule has 0 saturated heterocycles. The molecular formula is C14H15N3O2. The van der Waals surface area contributed by atoms with Gasteiger partial charge >= 0.3 is 0 Å². The van der Waals surface area contributed by atoms with Crippen LogP contribution in [0.5, 0.6) is 0 Å². The van der Waals surface area contributed by atoms with E-state index in [4.69, 9.17) is 5.21 Å². The number of carbonyl (C=O) groups is 1. The molecule has 0 spiro atoms. The second-order valence-corrected chi connectivity index (χ2v) is 4.64. The molecule has 98 valence electrons. The van der Waals surface area contributed by atoms with Crippen LogP contribution < -0.4 is 10.8 Å². The van der Waals surface area contributed by atoms with Crippen LogP contribution in [-0.4, -0.2) is 22.6 Å². The minimum Gasteiger partial charge on any atom is -0.383 e. The third-order valence-corrected chi connectivity index (χ3v) is 3.56. The second kappa shape index (κ2) is 4.44. The van der Waals surface area contributed by atoms with E-state index >= 15 is 0 Å². The molecule has 2 heterocycles. The van der Waals surface area contributed by atoms with Gasteiger partial charge in [0.05, 0.1) is 11.4 Å². The van der Waals surface area contributed by atoms with Crippen molar-refractivity contribution in [3.63, 3.8) is 0 Å². The average Bonchev–Trinajstić information content (AvgIpc) is 2.84. The minimum atomic E-state index is -0.492. The molecule has 4 N–H and O–H groups in total. The fourth-order valence-electron chi connectivity index (χ4n) is 2.59. The maximum Gasteiger partial charge on any atom is 0.272 e. The lowest BCUT2D eigenvalue weighted by Gasteiger charge is -2.20. The average molecular weight is 257 g/mol. The van der Waals surface area contributed by atoms with Gasteiger partial charge in [0.15, 0.2) is 0 Å². The maximum atomic E-state index is 11.6. The zero-order valence-electron chi connectivity index (χ0n) is 10.6. The van der Waals surface area contributed by atoms with Crippen molar-refractivity contribution in [2.45, 2.75) is 13.3 Å². The van der Waals surface area contributed by atoms with Gasteiger partial charge in [-0.1, -0.05) is 18.2 Å². The molecule has 0 radical (unpaired) electrons. The van der Waals surface area contributed by atoms with Gasteiger partial charge in [0.1, 0.15) is 0 Å². The molecule has 5 heteroatoms. The number of H-pyrrole nitrogens is 1. The summed E-state index contributed by atoms with van der Waals surface area (Å²) in [6.45, 7) is 2.47. The Bertz CT molecular complexity index is 685. The molecule has 1 amide bonds. The first-order valence-corrected chi connectivity index (χ1v) is 6.21. The van der Waals surface area contributed by atoms with E-state index in [0.29, 0.717) is 5.57 Å². The third-order valence-electron chi connectivity index (χ3n) is 3.56. The van der Waals surface area contributed by atoms with Crippen LogP contribution in [0.25, 0.3) is 16.6 Å². The summed E-state index contributed by atoms with van der Waals surface area (Å²) in [5.41, 5.74) is 6.11. The Kier molecular flexibility index (Phi) is 2.76. The quantitative estimate of drug-likeness (QED) is 0.355. The van der Waals surface area contributed by atoms with Crippen molar-refractivity contribution < 1.29 is 10.0 Å². The lowest BCUT2D eigenvalue weighted by Crippen LogP contribution is -2.28. The van der Waals surface area contributed by atoms with Crippen LogP contribution in [-0.2, 0) is 11.2 Å². The Morgan fingerprint density at radius 3 is 2.95 bits per heavy atom. The number of fused-ring (bicyclic) bond motifs is 3. The number of aromatic amines is 1. The lowest BCUT2D eigenvalue weighted by atomic mass is 10.00. The molecule has 0 saturated carbocycles. The third kappa shape index (κ3) is 1.79. The number of nitrogens with one attached hydrogen (secondary N) is 3. The normalized spacial score (nSPS) is 16.7. The van der Waals surface area contributed by atoms with E-state index in [1.54, 1.807) is 12.4 Å². The summed E-state index contributed by atoms with van der Waals surface area (Å²) in [6, 6.07) is 8.09. The first-order chi connectivity index (χ1) is 9.22. The van der Waals surface area contributed by atoms with E-state index in [0.717, 1.165) is 29.9 Å². The van der Waals surface area contributed by atoms with Crippen molar-refractivity contribution in [3.8, 4) is 0 Å².